The topological polar surface area (TPSA) is 57.5 Å². The lowest BCUT2D eigenvalue weighted by Gasteiger charge is -2.15. The van der Waals surface area contributed by atoms with Crippen LogP contribution in [0.2, 0.25) is 0 Å². The van der Waals surface area contributed by atoms with Crippen molar-refractivity contribution in [2.45, 2.75) is 39.2 Å². The minimum atomic E-state index is 0. The number of hydrogen-bond acceptors (Lipinski definition) is 1. The van der Waals surface area contributed by atoms with E-state index in [1.165, 1.54) is 6.42 Å². The Morgan fingerprint density at radius 3 is 1.75 bits per heavy atom. The molecular weight excluding hydrogens is 102 g/mol. The first-order valence-electron chi connectivity index (χ1n) is 2.85. The zero-order valence-electron chi connectivity index (χ0n) is 5.99. The van der Waals surface area contributed by atoms with E-state index in [0.717, 1.165) is 6.42 Å². The second-order valence-electron chi connectivity index (χ2n) is 2.74. The lowest BCUT2D eigenvalue weighted by atomic mass is 10.0. The SMILES string of the molecule is CCCC(C)(C)N.O. The Hall–Kier alpha value is -0.0800. The molecule has 0 saturated carbocycles. The molecule has 0 aliphatic rings. The summed E-state index contributed by atoms with van der Waals surface area (Å²) < 4.78 is 0. The van der Waals surface area contributed by atoms with Crippen LogP contribution in [0.4, 0.5) is 0 Å². The summed E-state index contributed by atoms with van der Waals surface area (Å²) in [7, 11) is 0. The third kappa shape index (κ3) is 9.33. The Labute approximate surface area is 51.4 Å². The van der Waals surface area contributed by atoms with E-state index in [1.54, 1.807) is 0 Å². The van der Waals surface area contributed by atoms with Gasteiger partial charge in [-0.25, -0.2) is 0 Å². The van der Waals surface area contributed by atoms with E-state index in [2.05, 4.69) is 20.8 Å². The van der Waals surface area contributed by atoms with Gasteiger partial charge in [-0.1, -0.05) is 13.3 Å². The maximum Gasteiger partial charge on any atom is 0.00969 e. The summed E-state index contributed by atoms with van der Waals surface area (Å²) in [6, 6.07) is 0. The quantitative estimate of drug-likeness (QED) is 0.571. The second-order valence-corrected chi connectivity index (χ2v) is 2.74. The minimum absolute atomic E-state index is 0. The van der Waals surface area contributed by atoms with Crippen molar-refractivity contribution < 1.29 is 5.48 Å². The molecule has 0 aromatic heterocycles. The van der Waals surface area contributed by atoms with E-state index in [9.17, 15) is 0 Å². The summed E-state index contributed by atoms with van der Waals surface area (Å²) in [5, 5.41) is 0. The van der Waals surface area contributed by atoms with Gasteiger partial charge in [0.25, 0.3) is 0 Å². The van der Waals surface area contributed by atoms with Crippen molar-refractivity contribution in [1.82, 2.24) is 0 Å². The predicted molar refractivity (Wildman–Crippen MR) is 36.8 cm³/mol. The minimum Gasteiger partial charge on any atom is -0.412 e. The molecule has 0 aliphatic heterocycles. The van der Waals surface area contributed by atoms with Crippen LogP contribution in [0.3, 0.4) is 0 Å². The molecule has 8 heavy (non-hydrogen) atoms. The first-order valence-corrected chi connectivity index (χ1v) is 2.85. The highest BCUT2D eigenvalue weighted by molar-refractivity contribution is 4.69. The average Bonchev–Trinajstić information content (AvgIpc) is 1.30. The van der Waals surface area contributed by atoms with Gasteiger partial charge in [-0.05, 0) is 20.3 Å². The molecule has 0 saturated heterocycles. The van der Waals surface area contributed by atoms with Gasteiger partial charge in [0, 0.05) is 5.54 Å². The predicted octanol–water partition coefficient (Wildman–Crippen LogP) is 0.699. The Bertz CT molecular complexity index is 47.0. The molecular formula is C6H17NO. The normalized spacial score (nSPS) is 10.5. The summed E-state index contributed by atoms with van der Waals surface area (Å²) in [6.45, 7) is 6.25. The highest BCUT2D eigenvalue weighted by Gasteiger charge is 2.06. The van der Waals surface area contributed by atoms with Crippen molar-refractivity contribution >= 4 is 0 Å². The largest absolute Gasteiger partial charge is 0.412 e. The molecule has 0 unspecified atom stereocenters. The monoisotopic (exact) mass is 119 g/mol. The van der Waals surface area contributed by atoms with Gasteiger partial charge in [0.2, 0.25) is 0 Å². The van der Waals surface area contributed by atoms with Crippen LogP contribution in [0.25, 0.3) is 0 Å². The van der Waals surface area contributed by atoms with Crippen LogP contribution in [0, 0.1) is 0 Å². The molecule has 0 amide bonds. The third-order valence-electron chi connectivity index (χ3n) is 0.894. The third-order valence-corrected chi connectivity index (χ3v) is 0.894. The van der Waals surface area contributed by atoms with Crippen molar-refractivity contribution in [3.8, 4) is 0 Å². The maximum atomic E-state index is 5.65. The maximum absolute atomic E-state index is 5.65. The summed E-state index contributed by atoms with van der Waals surface area (Å²) in [4.78, 5) is 0. The first kappa shape index (κ1) is 10.8. The van der Waals surface area contributed by atoms with E-state index < -0.39 is 0 Å². The van der Waals surface area contributed by atoms with E-state index in [0.29, 0.717) is 0 Å². The van der Waals surface area contributed by atoms with Gasteiger partial charge < -0.3 is 11.2 Å². The molecule has 0 spiro atoms. The Morgan fingerprint density at radius 2 is 1.75 bits per heavy atom. The highest BCUT2D eigenvalue weighted by atomic mass is 16.0. The van der Waals surface area contributed by atoms with Crippen molar-refractivity contribution in [2.24, 2.45) is 5.73 Å². The molecule has 0 aromatic carbocycles. The molecule has 0 bridgehead atoms. The molecule has 0 radical (unpaired) electrons. The van der Waals surface area contributed by atoms with E-state index >= 15 is 0 Å². The van der Waals surface area contributed by atoms with Crippen molar-refractivity contribution in [2.75, 3.05) is 0 Å². The fraction of sp³-hybridized carbons (Fsp3) is 1.00. The van der Waals surface area contributed by atoms with Gasteiger partial charge in [-0.2, -0.15) is 0 Å². The lowest BCUT2D eigenvalue weighted by molar-refractivity contribution is 0.470. The zero-order valence-corrected chi connectivity index (χ0v) is 5.99. The van der Waals surface area contributed by atoms with E-state index in [-0.39, 0.29) is 11.0 Å². The number of hydrogen-bond donors (Lipinski definition) is 1. The molecule has 4 N–H and O–H groups in total. The molecule has 52 valence electrons. The molecule has 0 atom stereocenters. The number of rotatable bonds is 2. The highest BCUT2D eigenvalue weighted by Crippen LogP contribution is 2.04. The summed E-state index contributed by atoms with van der Waals surface area (Å²) in [5.41, 5.74) is 5.70. The van der Waals surface area contributed by atoms with Crippen molar-refractivity contribution in [3.05, 3.63) is 0 Å². The van der Waals surface area contributed by atoms with Gasteiger partial charge in [0.15, 0.2) is 0 Å². The molecule has 2 nitrogen and oxygen atoms in total. The lowest BCUT2D eigenvalue weighted by Crippen LogP contribution is -2.31. The fourth-order valence-corrected chi connectivity index (χ4v) is 0.644. The zero-order chi connectivity index (χ0) is 5.91. The summed E-state index contributed by atoms with van der Waals surface area (Å²) >= 11 is 0. The first-order chi connectivity index (χ1) is 3.06. The van der Waals surface area contributed by atoms with Crippen LogP contribution in [-0.4, -0.2) is 11.0 Å². The van der Waals surface area contributed by atoms with Gasteiger partial charge in [-0.15, -0.1) is 0 Å². The standard InChI is InChI=1S/C6H15N.H2O/c1-4-5-6(2,3)7;/h4-5,7H2,1-3H3;1H2. The molecule has 0 rings (SSSR count). The van der Waals surface area contributed by atoms with Gasteiger partial charge in [-0.3, -0.25) is 0 Å². The fourth-order valence-electron chi connectivity index (χ4n) is 0.644. The smallest absolute Gasteiger partial charge is 0.00969 e. The molecule has 2 heteroatoms. The second kappa shape index (κ2) is 3.87. The van der Waals surface area contributed by atoms with Crippen molar-refractivity contribution in [1.29, 1.82) is 0 Å². The van der Waals surface area contributed by atoms with Gasteiger partial charge >= 0.3 is 0 Å². The number of nitrogens with two attached hydrogens (primary N) is 1. The Kier molecular flexibility index (Phi) is 5.23. The van der Waals surface area contributed by atoms with Crippen LogP contribution in [-0.2, 0) is 0 Å². The van der Waals surface area contributed by atoms with Crippen LogP contribution >= 0.6 is 0 Å². The van der Waals surface area contributed by atoms with Crippen LogP contribution in [0.5, 0.6) is 0 Å². The Morgan fingerprint density at radius 1 is 1.38 bits per heavy atom. The van der Waals surface area contributed by atoms with Gasteiger partial charge in [0.1, 0.15) is 0 Å². The molecule has 0 fully saturated rings. The summed E-state index contributed by atoms with van der Waals surface area (Å²) in [6.07, 6.45) is 2.30. The van der Waals surface area contributed by atoms with Crippen molar-refractivity contribution in [3.63, 3.8) is 0 Å². The van der Waals surface area contributed by atoms with Gasteiger partial charge in [0.05, 0.1) is 0 Å². The molecule has 0 heterocycles. The van der Waals surface area contributed by atoms with E-state index in [4.69, 9.17) is 5.73 Å². The molecule has 0 aliphatic carbocycles. The molecule has 0 aromatic rings. The summed E-state index contributed by atoms with van der Waals surface area (Å²) in [5.74, 6) is 0. The van der Waals surface area contributed by atoms with E-state index in [1.807, 2.05) is 0 Å². The van der Waals surface area contributed by atoms with Crippen LogP contribution in [0.15, 0.2) is 0 Å². The average molecular weight is 119 g/mol. The Balaban J connectivity index is 0. The van der Waals surface area contributed by atoms with Crippen LogP contribution in [0.1, 0.15) is 33.6 Å². The van der Waals surface area contributed by atoms with Crippen LogP contribution < -0.4 is 5.73 Å².